The molecule has 1 aromatic carbocycles. The number of benzene rings is 1. The van der Waals surface area contributed by atoms with Crippen LogP contribution in [0.15, 0.2) is 36.7 Å². The Morgan fingerprint density at radius 1 is 1.36 bits per heavy atom. The maximum absolute atomic E-state index is 13.1. The Kier molecular flexibility index (Phi) is 6.30. The van der Waals surface area contributed by atoms with Crippen molar-refractivity contribution in [1.82, 2.24) is 20.0 Å². The number of likely N-dealkylation sites (N-methyl/N-ethyl adjacent to an activating group) is 1. The number of para-hydroxylation sites is 2. The number of nitrogens with one attached hydrogen (secondary N) is 2. The largest absolute Gasteiger partial charge is 0.495 e. The van der Waals surface area contributed by atoms with Crippen molar-refractivity contribution < 1.29 is 14.3 Å². The Morgan fingerprint density at radius 3 is 2.82 bits per heavy atom. The van der Waals surface area contributed by atoms with E-state index >= 15 is 0 Å². The Hall–Kier alpha value is -2.87. The van der Waals surface area contributed by atoms with Crippen LogP contribution in [-0.2, 0) is 16.6 Å². The van der Waals surface area contributed by atoms with Gasteiger partial charge in [0.1, 0.15) is 5.75 Å². The number of carbonyl (C=O) groups is 2. The van der Waals surface area contributed by atoms with E-state index in [1.807, 2.05) is 38.5 Å². The number of aryl methyl sites for hydroxylation is 1. The molecular formula is C20H27N5O3. The summed E-state index contributed by atoms with van der Waals surface area (Å²) < 4.78 is 7.00. The summed E-state index contributed by atoms with van der Waals surface area (Å²) in [4.78, 5) is 27.3. The summed E-state index contributed by atoms with van der Waals surface area (Å²) in [6.07, 6.45) is 3.76. The Morgan fingerprint density at radius 2 is 2.14 bits per heavy atom. The van der Waals surface area contributed by atoms with E-state index in [0.29, 0.717) is 24.5 Å². The smallest absolute Gasteiger partial charge is 0.244 e. The normalized spacial score (nSPS) is 18.7. The second kappa shape index (κ2) is 8.88. The second-order valence-electron chi connectivity index (χ2n) is 6.92. The number of hydrogen-bond acceptors (Lipinski definition) is 5. The fourth-order valence-corrected chi connectivity index (χ4v) is 3.61. The molecule has 2 aromatic rings. The minimum atomic E-state index is -0.247. The number of aromatic nitrogens is 2. The predicted octanol–water partition coefficient (Wildman–Crippen LogP) is 1.22. The van der Waals surface area contributed by atoms with Crippen molar-refractivity contribution >= 4 is 17.5 Å². The molecule has 8 heteroatoms. The van der Waals surface area contributed by atoms with E-state index < -0.39 is 0 Å². The van der Waals surface area contributed by atoms with E-state index in [1.165, 1.54) is 0 Å². The molecule has 0 spiro atoms. The van der Waals surface area contributed by atoms with Gasteiger partial charge in [-0.2, -0.15) is 5.10 Å². The SMILES string of the molecule is CCN(CC(=O)Nc1ccccc1OC)C(=O)[C@H]1CNC[C@@H]1c1cnn(C)c1. The maximum atomic E-state index is 13.1. The molecule has 0 aliphatic carbocycles. The van der Waals surface area contributed by atoms with Crippen LogP contribution in [0.3, 0.4) is 0 Å². The van der Waals surface area contributed by atoms with Crippen molar-refractivity contribution in [3.8, 4) is 5.75 Å². The molecule has 2 atom stereocenters. The van der Waals surface area contributed by atoms with Gasteiger partial charge in [-0.1, -0.05) is 12.1 Å². The van der Waals surface area contributed by atoms with Crippen LogP contribution in [0.25, 0.3) is 0 Å². The summed E-state index contributed by atoms with van der Waals surface area (Å²) in [5.74, 6) is 0.178. The van der Waals surface area contributed by atoms with Gasteiger partial charge in [0, 0.05) is 38.8 Å². The van der Waals surface area contributed by atoms with E-state index in [9.17, 15) is 9.59 Å². The average molecular weight is 385 g/mol. The molecule has 1 fully saturated rings. The van der Waals surface area contributed by atoms with Gasteiger partial charge in [0.2, 0.25) is 11.8 Å². The second-order valence-corrected chi connectivity index (χ2v) is 6.92. The molecule has 0 bridgehead atoms. The Balaban J connectivity index is 1.66. The van der Waals surface area contributed by atoms with Gasteiger partial charge in [0.15, 0.2) is 0 Å². The predicted molar refractivity (Wildman–Crippen MR) is 106 cm³/mol. The third kappa shape index (κ3) is 4.33. The Labute approximate surface area is 164 Å². The fraction of sp³-hybridized carbons (Fsp3) is 0.450. The van der Waals surface area contributed by atoms with Gasteiger partial charge in [0.05, 0.1) is 31.5 Å². The molecule has 8 nitrogen and oxygen atoms in total. The van der Waals surface area contributed by atoms with Crippen LogP contribution in [0, 0.1) is 5.92 Å². The number of ether oxygens (including phenoxy) is 1. The van der Waals surface area contributed by atoms with Gasteiger partial charge < -0.3 is 20.3 Å². The molecule has 1 aliphatic rings. The van der Waals surface area contributed by atoms with Gasteiger partial charge in [0.25, 0.3) is 0 Å². The van der Waals surface area contributed by atoms with Gasteiger partial charge in [-0.05, 0) is 24.6 Å². The highest BCUT2D eigenvalue weighted by Gasteiger charge is 2.37. The Bertz CT molecular complexity index is 835. The topological polar surface area (TPSA) is 88.5 Å². The van der Waals surface area contributed by atoms with Crippen molar-refractivity contribution in [2.75, 3.05) is 38.6 Å². The van der Waals surface area contributed by atoms with Crippen LogP contribution in [-0.4, -0.2) is 59.8 Å². The zero-order valence-electron chi connectivity index (χ0n) is 16.5. The number of nitrogens with zero attached hydrogens (tertiary/aromatic N) is 3. The molecule has 3 rings (SSSR count). The number of carbonyl (C=O) groups excluding carboxylic acids is 2. The lowest BCUT2D eigenvalue weighted by Crippen LogP contribution is -2.43. The molecule has 0 unspecified atom stereocenters. The summed E-state index contributed by atoms with van der Waals surface area (Å²) in [6.45, 7) is 3.68. The number of anilines is 1. The van der Waals surface area contributed by atoms with Crippen molar-refractivity contribution in [2.45, 2.75) is 12.8 Å². The first kappa shape index (κ1) is 19.9. The van der Waals surface area contributed by atoms with Crippen molar-refractivity contribution in [1.29, 1.82) is 0 Å². The molecule has 1 aliphatic heterocycles. The minimum absolute atomic E-state index is 0.00361. The quantitative estimate of drug-likeness (QED) is 0.748. The molecule has 1 aromatic heterocycles. The van der Waals surface area contributed by atoms with Crippen molar-refractivity contribution in [3.05, 3.63) is 42.2 Å². The van der Waals surface area contributed by atoms with E-state index in [2.05, 4.69) is 15.7 Å². The molecule has 0 saturated carbocycles. The van der Waals surface area contributed by atoms with E-state index in [4.69, 9.17) is 4.74 Å². The third-order valence-electron chi connectivity index (χ3n) is 5.09. The first-order valence-corrected chi connectivity index (χ1v) is 9.44. The lowest BCUT2D eigenvalue weighted by Gasteiger charge is -2.26. The molecule has 2 N–H and O–H groups in total. The van der Waals surface area contributed by atoms with Gasteiger partial charge in [-0.3, -0.25) is 14.3 Å². The van der Waals surface area contributed by atoms with Crippen LogP contribution in [0.5, 0.6) is 5.75 Å². The summed E-state index contributed by atoms with van der Waals surface area (Å²) in [5.41, 5.74) is 1.63. The number of methoxy groups -OCH3 is 1. The van der Waals surface area contributed by atoms with E-state index in [0.717, 1.165) is 12.1 Å². The standard InChI is InChI=1S/C20H27N5O3/c1-4-25(13-19(26)23-17-7-5-6-8-18(17)28-3)20(27)16-11-21-10-15(16)14-9-22-24(2)12-14/h5-9,12,15-16,21H,4,10-11,13H2,1-3H3,(H,23,26)/t15-,16+/m1/s1. The summed E-state index contributed by atoms with van der Waals surface area (Å²) in [7, 11) is 3.42. The summed E-state index contributed by atoms with van der Waals surface area (Å²) in [5, 5.41) is 10.3. The maximum Gasteiger partial charge on any atom is 0.244 e. The average Bonchev–Trinajstić information content (AvgIpc) is 3.34. The van der Waals surface area contributed by atoms with Gasteiger partial charge in [-0.15, -0.1) is 0 Å². The molecule has 1 saturated heterocycles. The van der Waals surface area contributed by atoms with Crippen molar-refractivity contribution in [2.24, 2.45) is 13.0 Å². The molecule has 0 radical (unpaired) electrons. The highest BCUT2D eigenvalue weighted by atomic mass is 16.5. The minimum Gasteiger partial charge on any atom is -0.495 e. The van der Waals surface area contributed by atoms with Crippen LogP contribution < -0.4 is 15.4 Å². The molecule has 28 heavy (non-hydrogen) atoms. The molecular weight excluding hydrogens is 358 g/mol. The van der Waals surface area contributed by atoms with Gasteiger partial charge >= 0.3 is 0 Å². The van der Waals surface area contributed by atoms with Crippen molar-refractivity contribution in [3.63, 3.8) is 0 Å². The highest BCUT2D eigenvalue weighted by molar-refractivity contribution is 5.96. The van der Waals surface area contributed by atoms with E-state index in [1.54, 1.807) is 28.8 Å². The number of rotatable bonds is 7. The third-order valence-corrected chi connectivity index (χ3v) is 5.09. The monoisotopic (exact) mass is 385 g/mol. The lowest BCUT2D eigenvalue weighted by molar-refractivity contribution is -0.138. The first-order chi connectivity index (χ1) is 13.5. The summed E-state index contributed by atoms with van der Waals surface area (Å²) >= 11 is 0. The molecule has 150 valence electrons. The van der Waals surface area contributed by atoms with Crippen LogP contribution in [0.1, 0.15) is 18.4 Å². The van der Waals surface area contributed by atoms with E-state index in [-0.39, 0.29) is 30.2 Å². The lowest BCUT2D eigenvalue weighted by atomic mass is 9.90. The highest BCUT2D eigenvalue weighted by Crippen LogP contribution is 2.29. The summed E-state index contributed by atoms with van der Waals surface area (Å²) in [6, 6.07) is 7.21. The molecule has 2 amide bonds. The fourth-order valence-electron chi connectivity index (χ4n) is 3.61. The number of hydrogen-bond donors (Lipinski definition) is 2. The van der Waals surface area contributed by atoms with Gasteiger partial charge in [-0.25, -0.2) is 0 Å². The van der Waals surface area contributed by atoms with Crippen LogP contribution >= 0.6 is 0 Å². The zero-order valence-corrected chi connectivity index (χ0v) is 16.5. The van der Waals surface area contributed by atoms with Crippen LogP contribution in [0.4, 0.5) is 5.69 Å². The van der Waals surface area contributed by atoms with Crippen LogP contribution in [0.2, 0.25) is 0 Å². The number of amides is 2. The zero-order chi connectivity index (χ0) is 20.1. The first-order valence-electron chi connectivity index (χ1n) is 9.44. The molecule has 2 heterocycles.